The molecule has 8 heteroatoms. The molecular formula is C18H20N6O2. The monoisotopic (exact) mass is 352 g/mol. The first kappa shape index (κ1) is 16.5. The van der Waals surface area contributed by atoms with Crippen LogP contribution in [0.4, 0.5) is 5.69 Å². The Kier molecular flexibility index (Phi) is 4.49. The summed E-state index contributed by atoms with van der Waals surface area (Å²) in [4.78, 5) is 15.0. The summed E-state index contributed by atoms with van der Waals surface area (Å²) in [5, 5.41) is 14.1. The molecule has 1 N–H and O–H groups in total. The van der Waals surface area contributed by atoms with Crippen LogP contribution >= 0.6 is 0 Å². The number of nitrogens with one attached hydrogen (secondary N) is 1. The number of carbonyl (C=O) groups is 1. The summed E-state index contributed by atoms with van der Waals surface area (Å²) >= 11 is 0. The van der Waals surface area contributed by atoms with Gasteiger partial charge in [-0.15, -0.1) is 5.10 Å². The summed E-state index contributed by atoms with van der Waals surface area (Å²) in [5.41, 5.74) is 1.52. The number of likely N-dealkylation sites (tertiary alicyclic amines) is 1. The first-order chi connectivity index (χ1) is 12.7. The van der Waals surface area contributed by atoms with Crippen LogP contribution in [0.3, 0.4) is 0 Å². The molecule has 3 aromatic rings. The maximum Gasteiger partial charge on any atom is 0.241 e. The molecule has 0 spiro atoms. The highest BCUT2D eigenvalue weighted by atomic mass is 16.3. The molecule has 26 heavy (non-hydrogen) atoms. The fourth-order valence-corrected chi connectivity index (χ4v) is 3.31. The Hall–Kier alpha value is -3.00. The van der Waals surface area contributed by atoms with Gasteiger partial charge in [0.05, 0.1) is 18.3 Å². The highest BCUT2D eigenvalue weighted by Crippen LogP contribution is 2.23. The lowest BCUT2D eigenvalue weighted by molar-refractivity contribution is -0.120. The smallest absolute Gasteiger partial charge is 0.241 e. The summed E-state index contributed by atoms with van der Waals surface area (Å²) in [7, 11) is 0. The van der Waals surface area contributed by atoms with Crippen molar-refractivity contribution in [3.63, 3.8) is 0 Å². The van der Waals surface area contributed by atoms with Crippen LogP contribution in [0, 0.1) is 6.92 Å². The van der Waals surface area contributed by atoms with E-state index < -0.39 is 0 Å². The molecule has 1 fully saturated rings. The first-order valence-electron chi connectivity index (χ1n) is 8.63. The standard InChI is InChI=1S/C18H20N6O2/c1-13-7-8-16(26-13)11-23-9-3-6-17(23)18(25)20-14-4-2-5-15(10-14)24-12-19-21-22-24/h2,4-5,7-8,10,12,17H,3,6,9,11H2,1H3,(H,20,25). The molecule has 0 saturated carbocycles. The van der Waals surface area contributed by atoms with Gasteiger partial charge in [-0.3, -0.25) is 9.69 Å². The molecule has 3 heterocycles. The van der Waals surface area contributed by atoms with Crippen LogP contribution < -0.4 is 5.32 Å². The number of hydrogen-bond donors (Lipinski definition) is 1. The Morgan fingerprint density at radius 3 is 3.04 bits per heavy atom. The van der Waals surface area contributed by atoms with Gasteiger partial charge in [-0.05, 0) is 67.1 Å². The number of tetrazole rings is 1. The maximum atomic E-state index is 12.8. The van der Waals surface area contributed by atoms with Crippen LogP contribution in [0.15, 0.2) is 47.1 Å². The van der Waals surface area contributed by atoms with E-state index in [-0.39, 0.29) is 11.9 Å². The highest BCUT2D eigenvalue weighted by Gasteiger charge is 2.31. The Labute approximate surface area is 150 Å². The Morgan fingerprint density at radius 1 is 1.35 bits per heavy atom. The van der Waals surface area contributed by atoms with E-state index in [4.69, 9.17) is 4.42 Å². The van der Waals surface area contributed by atoms with Crippen molar-refractivity contribution in [3.8, 4) is 5.69 Å². The van der Waals surface area contributed by atoms with Crippen LogP contribution in [0.1, 0.15) is 24.4 Å². The zero-order chi connectivity index (χ0) is 17.9. The first-order valence-corrected chi connectivity index (χ1v) is 8.63. The highest BCUT2D eigenvalue weighted by molar-refractivity contribution is 5.95. The van der Waals surface area contributed by atoms with E-state index >= 15 is 0 Å². The summed E-state index contributed by atoms with van der Waals surface area (Å²) in [5.74, 6) is 1.78. The number of rotatable bonds is 5. The molecule has 1 aliphatic rings. The molecule has 4 rings (SSSR count). The number of benzene rings is 1. The van der Waals surface area contributed by atoms with E-state index in [0.29, 0.717) is 6.54 Å². The van der Waals surface area contributed by atoms with Crippen LogP contribution in [0.25, 0.3) is 5.69 Å². The number of carbonyl (C=O) groups excluding carboxylic acids is 1. The summed E-state index contributed by atoms with van der Waals surface area (Å²) in [6, 6.07) is 11.2. The molecule has 134 valence electrons. The molecule has 0 aliphatic carbocycles. The van der Waals surface area contributed by atoms with Gasteiger partial charge in [-0.1, -0.05) is 6.07 Å². The minimum Gasteiger partial charge on any atom is -0.465 e. The van der Waals surface area contributed by atoms with Crippen molar-refractivity contribution in [1.29, 1.82) is 0 Å². The Morgan fingerprint density at radius 2 is 2.27 bits per heavy atom. The van der Waals surface area contributed by atoms with Gasteiger partial charge in [0.1, 0.15) is 17.8 Å². The molecule has 1 amide bonds. The molecule has 0 radical (unpaired) electrons. The minimum absolute atomic E-state index is 0.000330. The Balaban J connectivity index is 1.44. The normalized spacial score (nSPS) is 17.5. The van der Waals surface area contributed by atoms with E-state index in [1.54, 1.807) is 4.68 Å². The number of aromatic nitrogens is 4. The van der Waals surface area contributed by atoms with Crippen molar-refractivity contribution in [3.05, 3.63) is 54.2 Å². The fourth-order valence-electron chi connectivity index (χ4n) is 3.31. The topological polar surface area (TPSA) is 89.1 Å². The van der Waals surface area contributed by atoms with Crippen molar-refractivity contribution in [2.75, 3.05) is 11.9 Å². The van der Waals surface area contributed by atoms with Gasteiger partial charge in [0, 0.05) is 5.69 Å². The summed E-state index contributed by atoms with van der Waals surface area (Å²) in [6.07, 6.45) is 3.37. The van der Waals surface area contributed by atoms with Gasteiger partial charge >= 0.3 is 0 Å². The second-order valence-electron chi connectivity index (χ2n) is 6.43. The van der Waals surface area contributed by atoms with Gasteiger partial charge in [0.15, 0.2) is 0 Å². The van der Waals surface area contributed by atoms with Crippen molar-refractivity contribution in [2.45, 2.75) is 32.4 Å². The lowest BCUT2D eigenvalue weighted by Gasteiger charge is -2.22. The molecule has 8 nitrogen and oxygen atoms in total. The predicted octanol–water partition coefficient (Wildman–Crippen LogP) is 2.17. The number of amides is 1. The number of nitrogens with zero attached hydrogens (tertiary/aromatic N) is 5. The van der Waals surface area contributed by atoms with E-state index in [9.17, 15) is 4.79 Å². The lowest BCUT2D eigenvalue weighted by Crippen LogP contribution is -2.39. The minimum atomic E-state index is -0.155. The maximum absolute atomic E-state index is 12.8. The van der Waals surface area contributed by atoms with Crippen LogP contribution in [-0.4, -0.2) is 43.6 Å². The predicted molar refractivity (Wildman–Crippen MR) is 94.7 cm³/mol. The van der Waals surface area contributed by atoms with E-state index in [1.807, 2.05) is 43.3 Å². The number of hydrogen-bond acceptors (Lipinski definition) is 6. The van der Waals surface area contributed by atoms with Crippen molar-refractivity contribution in [2.24, 2.45) is 0 Å². The quantitative estimate of drug-likeness (QED) is 0.757. The molecular weight excluding hydrogens is 332 g/mol. The van der Waals surface area contributed by atoms with Crippen LogP contribution in [0.5, 0.6) is 0 Å². The lowest BCUT2D eigenvalue weighted by atomic mass is 10.2. The molecule has 0 bridgehead atoms. The number of aryl methyl sites for hydroxylation is 1. The van der Waals surface area contributed by atoms with Crippen LogP contribution in [0.2, 0.25) is 0 Å². The van der Waals surface area contributed by atoms with Crippen molar-refractivity contribution < 1.29 is 9.21 Å². The summed E-state index contributed by atoms with van der Waals surface area (Å²) in [6.45, 7) is 3.47. The summed E-state index contributed by atoms with van der Waals surface area (Å²) < 4.78 is 7.21. The average Bonchev–Trinajstić information content (AvgIpc) is 3.37. The second-order valence-corrected chi connectivity index (χ2v) is 6.43. The Bertz CT molecular complexity index is 889. The third kappa shape index (κ3) is 3.50. The molecule has 1 aliphatic heterocycles. The fraction of sp³-hybridized carbons (Fsp3) is 0.333. The molecule has 1 aromatic carbocycles. The zero-order valence-corrected chi connectivity index (χ0v) is 14.5. The van der Waals surface area contributed by atoms with Gasteiger partial charge in [0.2, 0.25) is 5.91 Å². The van der Waals surface area contributed by atoms with Gasteiger partial charge in [0.25, 0.3) is 0 Å². The zero-order valence-electron chi connectivity index (χ0n) is 14.5. The molecule has 2 aromatic heterocycles. The van der Waals surface area contributed by atoms with E-state index in [1.165, 1.54) is 6.33 Å². The van der Waals surface area contributed by atoms with Crippen LogP contribution in [-0.2, 0) is 11.3 Å². The van der Waals surface area contributed by atoms with Crippen molar-refractivity contribution in [1.82, 2.24) is 25.1 Å². The van der Waals surface area contributed by atoms with Gasteiger partial charge < -0.3 is 9.73 Å². The largest absolute Gasteiger partial charge is 0.465 e. The number of furan rings is 1. The third-order valence-electron chi connectivity index (χ3n) is 4.55. The molecule has 1 saturated heterocycles. The third-order valence-corrected chi connectivity index (χ3v) is 4.55. The van der Waals surface area contributed by atoms with E-state index in [2.05, 4.69) is 25.7 Å². The molecule has 1 unspecified atom stereocenters. The van der Waals surface area contributed by atoms with Crippen molar-refractivity contribution >= 4 is 11.6 Å². The number of anilines is 1. The van der Waals surface area contributed by atoms with Gasteiger partial charge in [-0.2, -0.15) is 0 Å². The average molecular weight is 352 g/mol. The van der Waals surface area contributed by atoms with Gasteiger partial charge in [-0.25, -0.2) is 4.68 Å². The second kappa shape index (κ2) is 7.09. The SMILES string of the molecule is Cc1ccc(CN2CCCC2C(=O)Nc2cccc(-n3cnnn3)c2)o1. The van der Waals surface area contributed by atoms with E-state index in [0.717, 1.165) is 42.3 Å². The molecule has 1 atom stereocenters.